The van der Waals surface area contributed by atoms with Gasteiger partial charge in [0.2, 0.25) is 0 Å². The van der Waals surface area contributed by atoms with E-state index in [0.29, 0.717) is 12.2 Å². The summed E-state index contributed by atoms with van der Waals surface area (Å²) in [5.74, 6) is 0.657. The molecule has 1 aliphatic carbocycles. The molecule has 0 unspecified atom stereocenters. The Morgan fingerprint density at radius 2 is 1.89 bits per heavy atom. The van der Waals surface area contributed by atoms with Crippen LogP contribution in [0.2, 0.25) is 0 Å². The highest BCUT2D eigenvalue weighted by molar-refractivity contribution is 5.93. The lowest BCUT2D eigenvalue weighted by Crippen LogP contribution is -2.27. The number of benzene rings is 1. The van der Waals surface area contributed by atoms with E-state index in [1.54, 1.807) is 6.20 Å². The maximum atomic E-state index is 13.1. The fraction of sp³-hybridized carbons (Fsp3) is 0.323. The van der Waals surface area contributed by atoms with Crippen molar-refractivity contribution in [1.82, 2.24) is 19.7 Å². The van der Waals surface area contributed by atoms with Crippen molar-refractivity contribution in [3.8, 4) is 22.4 Å². The summed E-state index contributed by atoms with van der Waals surface area (Å²) >= 11 is 0. The van der Waals surface area contributed by atoms with Crippen LogP contribution in [0.1, 0.15) is 66.6 Å². The topological polar surface area (TPSA) is 59.3 Å². The summed E-state index contributed by atoms with van der Waals surface area (Å²) in [6.45, 7) is 6.69. The molecule has 1 saturated carbocycles. The van der Waals surface area contributed by atoms with Crippen LogP contribution in [0.15, 0.2) is 67.6 Å². The summed E-state index contributed by atoms with van der Waals surface area (Å²) < 4.78 is 1.89. The van der Waals surface area contributed by atoms with E-state index in [1.165, 1.54) is 38.5 Å². The van der Waals surface area contributed by atoms with Gasteiger partial charge in [0.15, 0.2) is 0 Å². The van der Waals surface area contributed by atoms with Gasteiger partial charge < -0.3 is 5.32 Å². The van der Waals surface area contributed by atoms with E-state index in [-0.39, 0.29) is 5.91 Å². The van der Waals surface area contributed by atoms with Gasteiger partial charge in [0, 0.05) is 35.6 Å². The smallest absolute Gasteiger partial charge is 0.269 e. The van der Waals surface area contributed by atoms with Gasteiger partial charge in [-0.15, -0.1) is 0 Å². The third-order valence-corrected chi connectivity index (χ3v) is 7.43. The van der Waals surface area contributed by atoms with E-state index in [0.717, 1.165) is 51.5 Å². The first-order valence-electron chi connectivity index (χ1n) is 13.1. The molecule has 36 heavy (non-hydrogen) atoms. The van der Waals surface area contributed by atoms with E-state index >= 15 is 0 Å². The molecule has 3 aromatic heterocycles. The van der Waals surface area contributed by atoms with Gasteiger partial charge in [-0.3, -0.25) is 14.2 Å². The van der Waals surface area contributed by atoms with E-state index in [4.69, 9.17) is 4.98 Å². The standard InChI is InChI=1S/C31H34N4O/c1-3-24-12-13-25(19-22(24)2)30-27(11-8-17-32-30)26-14-15-29-34-20-28(35(29)21-26)31(36)33-18-16-23-9-6-4-5-7-10-23/h3,8,11-15,17,19-21,23H,1,4-7,9-10,16,18H2,2H3,(H,33,36). The lowest BCUT2D eigenvalue weighted by Gasteiger charge is -2.14. The maximum absolute atomic E-state index is 13.1. The Balaban J connectivity index is 1.39. The molecule has 0 bridgehead atoms. The number of imidazole rings is 1. The van der Waals surface area contributed by atoms with Crippen LogP contribution in [0.4, 0.5) is 0 Å². The highest BCUT2D eigenvalue weighted by atomic mass is 16.1. The van der Waals surface area contributed by atoms with Gasteiger partial charge in [0.25, 0.3) is 5.91 Å². The minimum Gasteiger partial charge on any atom is -0.351 e. The number of rotatable bonds is 7. The Kier molecular flexibility index (Phi) is 7.26. The van der Waals surface area contributed by atoms with Crippen LogP contribution in [0.25, 0.3) is 34.1 Å². The van der Waals surface area contributed by atoms with Crippen LogP contribution >= 0.6 is 0 Å². The fourth-order valence-corrected chi connectivity index (χ4v) is 5.36. The van der Waals surface area contributed by atoms with Crippen LogP contribution in [0.5, 0.6) is 0 Å². The fourth-order valence-electron chi connectivity index (χ4n) is 5.36. The zero-order valence-corrected chi connectivity index (χ0v) is 21.0. The Bertz CT molecular complexity index is 1380. The van der Waals surface area contributed by atoms with Crippen molar-refractivity contribution in [3.05, 3.63) is 84.5 Å². The number of aromatic nitrogens is 3. The lowest BCUT2D eigenvalue weighted by atomic mass is 9.97. The quantitative estimate of drug-likeness (QED) is 0.288. The van der Waals surface area contributed by atoms with Crippen LogP contribution in [-0.4, -0.2) is 26.8 Å². The second-order valence-corrected chi connectivity index (χ2v) is 9.87. The number of carbonyl (C=O) groups is 1. The zero-order chi connectivity index (χ0) is 24.9. The van der Waals surface area contributed by atoms with E-state index in [9.17, 15) is 4.79 Å². The van der Waals surface area contributed by atoms with Gasteiger partial charge in [-0.05, 0) is 54.7 Å². The average Bonchev–Trinajstić information content (AvgIpc) is 3.16. The Labute approximate surface area is 213 Å². The summed E-state index contributed by atoms with van der Waals surface area (Å²) in [4.78, 5) is 22.3. The second-order valence-electron chi connectivity index (χ2n) is 9.87. The number of hydrogen-bond donors (Lipinski definition) is 1. The van der Waals surface area contributed by atoms with Gasteiger partial charge in [-0.25, -0.2) is 4.98 Å². The highest BCUT2D eigenvalue weighted by Gasteiger charge is 2.16. The Morgan fingerprint density at radius 3 is 2.67 bits per heavy atom. The number of pyridine rings is 2. The minimum absolute atomic E-state index is 0.0738. The van der Waals surface area contributed by atoms with E-state index in [2.05, 4.69) is 48.1 Å². The summed E-state index contributed by atoms with van der Waals surface area (Å²) in [7, 11) is 0. The summed E-state index contributed by atoms with van der Waals surface area (Å²) in [5, 5.41) is 3.14. The third kappa shape index (κ3) is 5.11. The largest absolute Gasteiger partial charge is 0.351 e. The molecule has 4 aromatic rings. The van der Waals surface area contributed by atoms with Gasteiger partial charge in [-0.1, -0.05) is 69.4 Å². The molecule has 0 radical (unpaired) electrons. The number of amides is 1. The molecule has 0 aliphatic heterocycles. The van der Waals surface area contributed by atoms with Crippen molar-refractivity contribution < 1.29 is 4.79 Å². The molecule has 5 nitrogen and oxygen atoms in total. The molecular weight excluding hydrogens is 444 g/mol. The van der Waals surface area contributed by atoms with Crippen molar-refractivity contribution in [2.24, 2.45) is 5.92 Å². The molecule has 1 aliphatic rings. The van der Waals surface area contributed by atoms with Gasteiger partial charge in [0.1, 0.15) is 11.3 Å². The normalized spacial score (nSPS) is 14.5. The molecule has 5 heteroatoms. The molecule has 0 atom stereocenters. The van der Waals surface area contributed by atoms with Gasteiger partial charge >= 0.3 is 0 Å². The van der Waals surface area contributed by atoms with Crippen molar-refractivity contribution in [3.63, 3.8) is 0 Å². The van der Waals surface area contributed by atoms with Crippen molar-refractivity contribution >= 4 is 17.6 Å². The highest BCUT2D eigenvalue weighted by Crippen LogP contribution is 2.32. The first kappa shape index (κ1) is 24.0. The van der Waals surface area contributed by atoms with E-state index < -0.39 is 0 Å². The number of nitrogens with zero attached hydrogens (tertiary/aromatic N) is 3. The zero-order valence-electron chi connectivity index (χ0n) is 21.0. The predicted molar refractivity (Wildman–Crippen MR) is 147 cm³/mol. The average molecular weight is 479 g/mol. The number of hydrogen-bond acceptors (Lipinski definition) is 3. The van der Waals surface area contributed by atoms with Crippen molar-refractivity contribution in [1.29, 1.82) is 0 Å². The van der Waals surface area contributed by atoms with Crippen molar-refractivity contribution in [2.75, 3.05) is 6.54 Å². The molecule has 5 rings (SSSR count). The molecule has 0 saturated heterocycles. The van der Waals surface area contributed by atoms with Gasteiger partial charge in [0.05, 0.1) is 11.9 Å². The first-order valence-corrected chi connectivity index (χ1v) is 13.1. The maximum Gasteiger partial charge on any atom is 0.269 e. The predicted octanol–water partition coefficient (Wildman–Crippen LogP) is 7.11. The van der Waals surface area contributed by atoms with Crippen LogP contribution in [0, 0.1) is 12.8 Å². The number of aryl methyl sites for hydroxylation is 1. The molecule has 3 heterocycles. The lowest BCUT2D eigenvalue weighted by molar-refractivity contribution is 0.0945. The molecule has 1 N–H and O–H groups in total. The number of fused-ring (bicyclic) bond motifs is 1. The molecule has 0 spiro atoms. The van der Waals surface area contributed by atoms with Crippen LogP contribution in [0.3, 0.4) is 0 Å². The summed E-state index contributed by atoms with van der Waals surface area (Å²) in [5.41, 5.74) is 7.55. The third-order valence-electron chi connectivity index (χ3n) is 7.43. The second kappa shape index (κ2) is 10.9. The molecule has 1 fully saturated rings. The van der Waals surface area contributed by atoms with Crippen LogP contribution in [-0.2, 0) is 0 Å². The molecule has 1 aromatic carbocycles. The number of nitrogens with one attached hydrogen (secondary N) is 1. The molecular formula is C31H34N4O. The SMILES string of the molecule is C=Cc1ccc(-c2ncccc2-c2ccc3ncc(C(=O)NCCC4CCCCCC4)n3c2)cc1C. The number of carbonyl (C=O) groups excluding carboxylic acids is 1. The van der Waals surface area contributed by atoms with Crippen LogP contribution < -0.4 is 5.32 Å². The Hall–Kier alpha value is -3.73. The molecule has 184 valence electrons. The summed E-state index contributed by atoms with van der Waals surface area (Å²) in [6.07, 6.45) is 16.3. The minimum atomic E-state index is -0.0738. The Morgan fingerprint density at radius 1 is 1.08 bits per heavy atom. The van der Waals surface area contributed by atoms with Crippen molar-refractivity contribution in [2.45, 2.75) is 51.9 Å². The monoisotopic (exact) mass is 478 g/mol. The molecule has 1 amide bonds. The first-order chi connectivity index (χ1) is 17.6. The van der Waals surface area contributed by atoms with E-state index in [1.807, 2.05) is 41.1 Å². The summed E-state index contributed by atoms with van der Waals surface area (Å²) in [6, 6.07) is 14.3. The van der Waals surface area contributed by atoms with Gasteiger partial charge in [-0.2, -0.15) is 0 Å².